The Hall–Kier alpha value is -3.09. The topological polar surface area (TPSA) is 84.9 Å². The summed E-state index contributed by atoms with van der Waals surface area (Å²) in [7, 11) is 1.19. The maximum absolute atomic E-state index is 12.1. The van der Waals surface area contributed by atoms with Gasteiger partial charge in [-0.1, -0.05) is 24.8 Å². The van der Waals surface area contributed by atoms with Crippen molar-refractivity contribution in [1.29, 1.82) is 0 Å². The number of ether oxygens (including phenoxy) is 2. The summed E-state index contributed by atoms with van der Waals surface area (Å²) in [5.74, 6) is -0.577. The van der Waals surface area contributed by atoms with Crippen molar-refractivity contribution in [2.45, 2.75) is 0 Å². The Labute approximate surface area is 133 Å². The first-order valence-electron chi connectivity index (χ1n) is 6.80. The Morgan fingerprint density at radius 2 is 2.00 bits per heavy atom. The van der Waals surface area contributed by atoms with Crippen molar-refractivity contribution in [2.24, 2.45) is 0 Å². The maximum Gasteiger partial charge on any atom is 0.329 e. The van der Waals surface area contributed by atoms with Gasteiger partial charge in [0.05, 0.1) is 7.11 Å². The molecule has 0 aliphatic carbocycles. The minimum atomic E-state index is -0.668. The number of methoxy groups -OCH3 is 1. The number of hydrogen-bond donors (Lipinski definition) is 1. The van der Waals surface area contributed by atoms with Gasteiger partial charge in [-0.15, -0.1) is 0 Å². The van der Waals surface area contributed by atoms with E-state index in [9.17, 15) is 14.4 Å². The van der Waals surface area contributed by atoms with E-state index in [1.807, 2.05) is 0 Å². The molecule has 1 aromatic carbocycles. The van der Waals surface area contributed by atoms with Crippen molar-refractivity contribution in [1.82, 2.24) is 10.2 Å². The van der Waals surface area contributed by atoms with Crippen LogP contribution in [0.25, 0.3) is 6.08 Å². The van der Waals surface area contributed by atoms with Gasteiger partial charge in [0, 0.05) is 0 Å². The number of nitrogens with zero attached hydrogens (tertiary/aromatic N) is 1. The number of amides is 3. The van der Waals surface area contributed by atoms with Gasteiger partial charge in [-0.3, -0.25) is 9.59 Å². The van der Waals surface area contributed by atoms with Gasteiger partial charge in [0.15, 0.2) is 0 Å². The molecule has 23 heavy (non-hydrogen) atoms. The van der Waals surface area contributed by atoms with Crippen LogP contribution in [0, 0.1) is 0 Å². The van der Waals surface area contributed by atoms with Crippen LogP contribution in [0.2, 0.25) is 0 Å². The Morgan fingerprint density at radius 3 is 2.61 bits per heavy atom. The highest BCUT2D eigenvalue weighted by atomic mass is 16.5. The zero-order valence-electron chi connectivity index (χ0n) is 12.6. The highest BCUT2D eigenvalue weighted by Crippen LogP contribution is 2.17. The quantitative estimate of drug-likeness (QED) is 0.370. The predicted molar refractivity (Wildman–Crippen MR) is 82.4 cm³/mol. The van der Waals surface area contributed by atoms with Crippen molar-refractivity contribution >= 4 is 24.0 Å². The number of imide groups is 1. The second-order valence-corrected chi connectivity index (χ2v) is 4.62. The third-order valence-corrected chi connectivity index (χ3v) is 3.04. The molecule has 1 N–H and O–H groups in total. The van der Waals surface area contributed by atoms with Gasteiger partial charge in [-0.05, 0) is 23.8 Å². The first kappa shape index (κ1) is 16.3. The highest BCUT2D eigenvalue weighted by Gasteiger charge is 2.35. The van der Waals surface area contributed by atoms with Gasteiger partial charge in [-0.2, -0.15) is 0 Å². The number of carbonyl (C=O) groups is 3. The van der Waals surface area contributed by atoms with Crippen LogP contribution in [0.4, 0.5) is 4.79 Å². The molecule has 7 nitrogen and oxygen atoms in total. The van der Waals surface area contributed by atoms with E-state index in [-0.39, 0.29) is 5.70 Å². The lowest BCUT2D eigenvalue weighted by atomic mass is 10.2. The molecule has 1 saturated heterocycles. The molecule has 1 aliphatic heterocycles. The third kappa shape index (κ3) is 3.97. The molecule has 0 unspecified atom stereocenters. The lowest BCUT2D eigenvalue weighted by Crippen LogP contribution is -2.36. The molecule has 0 aromatic heterocycles. The number of carbonyl (C=O) groups excluding carboxylic acids is 3. The monoisotopic (exact) mass is 316 g/mol. The summed E-state index contributed by atoms with van der Waals surface area (Å²) in [6.45, 7) is 3.54. The van der Waals surface area contributed by atoms with Crippen LogP contribution in [-0.4, -0.2) is 43.1 Å². The number of rotatable bonds is 6. The first-order valence-corrected chi connectivity index (χ1v) is 6.80. The van der Waals surface area contributed by atoms with Crippen LogP contribution in [0.3, 0.4) is 0 Å². The average molecular weight is 316 g/mol. The van der Waals surface area contributed by atoms with Crippen molar-refractivity contribution in [3.05, 3.63) is 48.2 Å². The van der Waals surface area contributed by atoms with Crippen molar-refractivity contribution in [2.75, 3.05) is 20.3 Å². The minimum Gasteiger partial charge on any atom is -0.490 e. The van der Waals surface area contributed by atoms with E-state index in [0.717, 1.165) is 4.90 Å². The lowest BCUT2D eigenvalue weighted by Gasteiger charge is -2.09. The molecule has 1 fully saturated rings. The largest absolute Gasteiger partial charge is 0.490 e. The molecule has 1 aliphatic rings. The standard InChI is InChI=1S/C16H16N2O5/c1-3-8-23-12-6-4-11(5-7-12)9-13-15(20)18(16(21)17-13)10-14(19)22-2/h3-7,9H,1,8,10H2,2H3,(H,17,21)/b13-9-. The summed E-state index contributed by atoms with van der Waals surface area (Å²) in [6, 6.07) is 6.31. The van der Waals surface area contributed by atoms with E-state index in [2.05, 4.69) is 16.6 Å². The number of esters is 1. The Morgan fingerprint density at radius 1 is 1.30 bits per heavy atom. The molecule has 0 bridgehead atoms. The Bertz CT molecular complexity index is 664. The van der Waals surface area contributed by atoms with E-state index in [1.54, 1.807) is 30.3 Å². The number of urea groups is 1. The molecule has 2 rings (SSSR count). The van der Waals surface area contributed by atoms with Gasteiger partial charge in [0.2, 0.25) is 0 Å². The number of hydrogen-bond acceptors (Lipinski definition) is 5. The zero-order valence-corrected chi connectivity index (χ0v) is 12.6. The van der Waals surface area contributed by atoms with Gasteiger partial charge in [0.25, 0.3) is 5.91 Å². The second-order valence-electron chi connectivity index (χ2n) is 4.62. The normalized spacial score (nSPS) is 15.5. The summed E-state index contributed by atoms with van der Waals surface area (Å²) >= 11 is 0. The SMILES string of the molecule is C=CCOc1ccc(/C=C2\NC(=O)N(CC(=O)OC)C2=O)cc1. The van der Waals surface area contributed by atoms with Crippen LogP contribution in [0.5, 0.6) is 5.75 Å². The van der Waals surface area contributed by atoms with Gasteiger partial charge in [-0.25, -0.2) is 9.69 Å². The van der Waals surface area contributed by atoms with Gasteiger partial charge >= 0.3 is 12.0 Å². The summed E-state index contributed by atoms with van der Waals surface area (Å²) in [5, 5.41) is 2.43. The van der Waals surface area contributed by atoms with E-state index < -0.39 is 24.5 Å². The van der Waals surface area contributed by atoms with E-state index in [4.69, 9.17) is 4.74 Å². The molecule has 0 atom stereocenters. The summed E-state index contributed by atoms with van der Waals surface area (Å²) in [4.78, 5) is 35.8. The molecule has 0 spiro atoms. The fourth-order valence-corrected chi connectivity index (χ4v) is 1.89. The zero-order chi connectivity index (χ0) is 16.8. The molecule has 0 saturated carbocycles. The maximum atomic E-state index is 12.1. The van der Waals surface area contributed by atoms with E-state index >= 15 is 0 Å². The lowest BCUT2D eigenvalue weighted by molar-refractivity contribution is -0.143. The average Bonchev–Trinajstić information content (AvgIpc) is 2.81. The fourth-order valence-electron chi connectivity index (χ4n) is 1.89. The van der Waals surface area contributed by atoms with Crippen LogP contribution < -0.4 is 10.1 Å². The molecule has 0 radical (unpaired) electrons. The molecular formula is C16H16N2O5. The number of benzene rings is 1. The fraction of sp³-hybridized carbons (Fsp3) is 0.188. The smallest absolute Gasteiger partial charge is 0.329 e. The molecule has 1 heterocycles. The second kappa shape index (κ2) is 7.26. The molecule has 7 heteroatoms. The Balaban J connectivity index is 2.10. The van der Waals surface area contributed by atoms with Crippen LogP contribution in [0.1, 0.15) is 5.56 Å². The van der Waals surface area contributed by atoms with E-state index in [1.165, 1.54) is 13.2 Å². The first-order chi connectivity index (χ1) is 11.0. The van der Waals surface area contributed by atoms with Crippen molar-refractivity contribution in [3.8, 4) is 5.75 Å². The number of nitrogens with one attached hydrogen (secondary N) is 1. The Kier molecular flexibility index (Phi) is 5.14. The van der Waals surface area contributed by atoms with Crippen LogP contribution in [0.15, 0.2) is 42.6 Å². The van der Waals surface area contributed by atoms with Crippen molar-refractivity contribution in [3.63, 3.8) is 0 Å². The summed E-state index contributed by atoms with van der Waals surface area (Å²) in [5.41, 5.74) is 0.804. The molecule has 1 aromatic rings. The third-order valence-electron chi connectivity index (χ3n) is 3.04. The van der Waals surface area contributed by atoms with Crippen molar-refractivity contribution < 1.29 is 23.9 Å². The molecule has 120 valence electrons. The van der Waals surface area contributed by atoms with Gasteiger partial charge in [0.1, 0.15) is 24.6 Å². The molecule has 3 amide bonds. The van der Waals surface area contributed by atoms with E-state index in [0.29, 0.717) is 17.9 Å². The predicted octanol–water partition coefficient (Wildman–Crippen LogP) is 1.32. The van der Waals surface area contributed by atoms with Crippen LogP contribution in [-0.2, 0) is 14.3 Å². The van der Waals surface area contributed by atoms with Gasteiger partial charge < -0.3 is 14.8 Å². The highest BCUT2D eigenvalue weighted by molar-refractivity contribution is 6.15. The summed E-state index contributed by atoms with van der Waals surface area (Å²) in [6.07, 6.45) is 3.16. The summed E-state index contributed by atoms with van der Waals surface area (Å²) < 4.78 is 9.81. The van der Waals surface area contributed by atoms with Crippen LogP contribution >= 0.6 is 0 Å². The molecular weight excluding hydrogens is 300 g/mol. The minimum absolute atomic E-state index is 0.0960.